The molecule has 5 atom stereocenters. The van der Waals surface area contributed by atoms with Crippen molar-refractivity contribution in [1.29, 1.82) is 0 Å². The van der Waals surface area contributed by atoms with Crippen LogP contribution in [0.2, 0.25) is 18.1 Å². The van der Waals surface area contributed by atoms with E-state index in [0.29, 0.717) is 33.8 Å². The van der Waals surface area contributed by atoms with E-state index in [4.69, 9.17) is 18.9 Å². The molecule has 4 aromatic carbocycles. The fourth-order valence-electron chi connectivity index (χ4n) is 8.41. The lowest BCUT2D eigenvalue weighted by Gasteiger charge is -2.54. The van der Waals surface area contributed by atoms with Crippen molar-refractivity contribution in [1.82, 2.24) is 19.5 Å². The second-order valence-electron chi connectivity index (χ2n) is 16.4. The van der Waals surface area contributed by atoms with Crippen LogP contribution in [0.3, 0.4) is 0 Å². The highest BCUT2D eigenvalue weighted by atomic mass is 28.3. The maximum atomic E-state index is 13.7. The number of hydrogen-bond donors (Lipinski definition) is 4. The number of aromatic nitrogens is 4. The lowest BCUT2D eigenvalue weighted by Crippen LogP contribution is -2.75. The standard InChI is InChI=1S/C45H51N5O8Si/c1-42(2,3)59(7,8)45(54)41(50-28-48-35-38(46-27-47-39(35)50)49-40(52)29-15-11-9-12-16-29)58-37(44(45,53)57-6)36(51)43(30-17-13-10-14-18-30,31-19-23-33(55-4)24-20-31)32-21-25-34(56-5)26-22-32/h9-28,36-37,41,51,53-54H,1-8H3,(H,46,47,49,52)/t36?,37-,41-,44+,45-/m1/s1. The van der Waals surface area contributed by atoms with E-state index in [2.05, 4.69) is 20.3 Å². The summed E-state index contributed by atoms with van der Waals surface area (Å²) in [7, 11) is 1.16. The molecule has 0 saturated carbocycles. The molecule has 4 N–H and O–H groups in total. The number of fused-ring (bicyclic) bond motifs is 1. The molecular formula is C45H51N5O8Si. The van der Waals surface area contributed by atoms with Gasteiger partial charge in [0.1, 0.15) is 38.1 Å². The summed E-state index contributed by atoms with van der Waals surface area (Å²) in [4.78, 5) is 26.8. The maximum Gasteiger partial charge on any atom is 0.256 e. The number of nitrogens with zero attached hydrogens (tertiary/aromatic N) is 4. The van der Waals surface area contributed by atoms with E-state index in [1.807, 2.05) is 119 Å². The van der Waals surface area contributed by atoms with Crippen LogP contribution in [0, 0.1) is 0 Å². The number of hydrogen-bond acceptors (Lipinski definition) is 11. The van der Waals surface area contributed by atoms with Crippen LogP contribution < -0.4 is 14.8 Å². The van der Waals surface area contributed by atoms with E-state index >= 15 is 0 Å². The van der Waals surface area contributed by atoms with Crippen molar-refractivity contribution in [3.8, 4) is 11.5 Å². The van der Waals surface area contributed by atoms with Crippen LogP contribution in [0.5, 0.6) is 11.5 Å². The van der Waals surface area contributed by atoms with Crippen LogP contribution in [0.15, 0.2) is 122 Å². The van der Waals surface area contributed by atoms with Gasteiger partial charge in [-0.15, -0.1) is 0 Å². The van der Waals surface area contributed by atoms with Gasteiger partial charge in [-0.25, -0.2) is 15.0 Å². The molecule has 14 heteroatoms. The number of carbonyl (C=O) groups is 1. The number of ether oxygens (including phenoxy) is 4. The summed E-state index contributed by atoms with van der Waals surface area (Å²) < 4.78 is 25.8. The summed E-state index contributed by atoms with van der Waals surface area (Å²) in [5.41, 5.74) is 1.34. The summed E-state index contributed by atoms with van der Waals surface area (Å²) in [5, 5.41) is 40.6. The van der Waals surface area contributed by atoms with Gasteiger partial charge in [0.05, 0.1) is 26.0 Å². The number of anilines is 1. The molecule has 0 bridgehead atoms. The Kier molecular flexibility index (Phi) is 11.0. The third-order valence-corrected chi connectivity index (χ3v) is 18.9. The van der Waals surface area contributed by atoms with Crippen LogP contribution >= 0.6 is 0 Å². The Balaban J connectivity index is 1.47. The monoisotopic (exact) mass is 817 g/mol. The first-order valence-electron chi connectivity index (χ1n) is 19.3. The van der Waals surface area contributed by atoms with Crippen molar-refractivity contribution in [3.63, 3.8) is 0 Å². The molecule has 0 radical (unpaired) electrons. The number of aliphatic hydroxyl groups excluding tert-OH is 1. The molecule has 0 aliphatic carbocycles. The van der Waals surface area contributed by atoms with Gasteiger partial charge >= 0.3 is 0 Å². The largest absolute Gasteiger partial charge is 0.497 e. The van der Waals surface area contributed by atoms with Crippen molar-refractivity contribution < 1.29 is 39.1 Å². The lowest BCUT2D eigenvalue weighted by atomic mass is 9.63. The fourth-order valence-corrected chi connectivity index (χ4v) is 11.5. The summed E-state index contributed by atoms with van der Waals surface area (Å²) in [6.45, 7) is 9.92. The smallest absolute Gasteiger partial charge is 0.256 e. The van der Waals surface area contributed by atoms with Gasteiger partial charge in [0.15, 0.2) is 28.4 Å². The van der Waals surface area contributed by atoms with Crippen molar-refractivity contribution in [2.24, 2.45) is 0 Å². The van der Waals surface area contributed by atoms with Gasteiger partial charge in [-0.3, -0.25) is 9.36 Å². The van der Waals surface area contributed by atoms with E-state index in [9.17, 15) is 20.1 Å². The highest BCUT2D eigenvalue weighted by Crippen LogP contribution is 2.60. The van der Waals surface area contributed by atoms with E-state index in [1.54, 1.807) is 38.5 Å². The number of methoxy groups -OCH3 is 3. The molecule has 1 unspecified atom stereocenters. The Labute approximate surface area is 344 Å². The van der Waals surface area contributed by atoms with Crippen molar-refractivity contribution >= 4 is 31.0 Å². The zero-order chi connectivity index (χ0) is 42.4. The van der Waals surface area contributed by atoms with Gasteiger partial charge < -0.3 is 39.6 Å². The zero-order valence-electron chi connectivity index (χ0n) is 34.5. The molecule has 2 aromatic heterocycles. The first kappa shape index (κ1) is 41.7. The van der Waals surface area contributed by atoms with Gasteiger partial charge in [0, 0.05) is 12.7 Å². The zero-order valence-corrected chi connectivity index (χ0v) is 35.5. The third-order valence-electron chi connectivity index (χ3n) is 12.6. The minimum absolute atomic E-state index is 0.136. The van der Waals surface area contributed by atoms with Crippen LogP contribution in [0.1, 0.15) is 54.0 Å². The number of benzene rings is 4. The van der Waals surface area contributed by atoms with Gasteiger partial charge in [-0.2, -0.15) is 0 Å². The molecule has 59 heavy (non-hydrogen) atoms. The molecule has 308 valence electrons. The molecule has 1 saturated heterocycles. The fraction of sp³-hybridized carbons (Fsp3) is 0.333. The minimum Gasteiger partial charge on any atom is -0.497 e. The maximum absolute atomic E-state index is 13.7. The topological polar surface area (TPSA) is 170 Å². The van der Waals surface area contributed by atoms with E-state index in [0.717, 1.165) is 0 Å². The van der Waals surface area contributed by atoms with Gasteiger partial charge in [0.25, 0.3) is 5.91 Å². The van der Waals surface area contributed by atoms with Gasteiger partial charge in [-0.05, 0) is 58.1 Å². The Hall–Kier alpha value is -5.48. The quantitative estimate of drug-likeness (QED) is 0.0604. The molecule has 1 aliphatic rings. The third kappa shape index (κ3) is 6.51. The Morgan fingerprint density at radius 2 is 1.32 bits per heavy atom. The van der Waals surface area contributed by atoms with Gasteiger partial charge in [0.2, 0.25) is 5.79 Å². The molecule has 1 fully saturated rings. The second kappa shape index (κ2) is 15.6. The number of amides is 1. The molecule has 1 amide bonds. The van der Waals surface area contributed by atoms with Crippen LogP contribution in [-0.2, 0) is 14.9 Å². The molecule has 1 aliphatic heterocycles. The first-order valence-corrected chi connectivity index (χ1v) is 22.3. The molecule has 3 heterocycles. The van der Waals surface area contributed by atoms with Crippen molar-refractivity contribution in [2.45, 2.75) is 73.8 Å². The summed E-state index contributed by atoms with van der Waals surface area (Å²) in [6, 6.07) is 32.8. The Morgan fingerprint density at radius 1 is 0.797 bits per heavy atom. The number of rotatable bonds is 12. The Morgan fingerprint density at radius 3 is 1.83 bits per heavy atom. The number of carbonyl (C=O) groups excluding carboxylic acids is 1. The first-order chi connectivity index (χ1) is 28.1. The van der Waals surface area contributed by atoms with Crippen LogP contribution in [-0.4, -0.2) is 93.4 Å². The Bertz CT molecular complexity index is 2360. The van der Waals surface area contributed by atoms with Crippen molar-refractivity contribution in [3.05, 3.63) is 144 Å². The molecule has 13 nitrogen and oxygen atoms in total. The van der Waals surface area contributed by atoms with E-state index in [-0.39, 0.29) is 17.0 Å². The molecule has 0 spiro atoms. The van der Waals surface area contributed by atoms with Crippen LogP contribution in [0.4, 0.5) is 5.82 Å². The second-order valence-corrected chi connectivity index (χ2v) is 21.9. The highest BCUT2D eigenvalue weighted by molar-refractivity contribution is 6.83. The van der Waals surface area contributed by atoms with Gasteiger partial charge in [-0.1, -0.05) is 107 Å². The summed E-state index contributed by atoms with van der Waals surface area (Å²) in [5.74, 6) is -1.61. The average molecular weight is 818 g/mol. The molecular weight excluding hydrogens is 767 g/mol. The molecule has 6 aromatic rings. The normalized spacial score (nSPS) is 21.6. The number of aliphatic hydroxyl groups is 3. The summed E-state index contributed by atoms with van der Waals surface area (Å²) in [6.07, 6.45) is -1.99. The van der Waals surface area contributed by atoms with Crippen LogP contribution in [0.25, 0.3) is 11.2 Å². The van der Waals surface area contributed by atoms with E-state index in [1.165, 1.54) is 24.3 Å². The molecule has 7 rings (SSSR count). The predicted octanol–water partition coefficient (Wildman–Crippen LogP) is 6.50. The SMILES string of the molecule is COc1ccc(C(c2ccccc2)(c2ccc(OC)cc2)C(O)[C@H]2O[C@@H](n3cnc4c(NC(=O)c5ccccc5)ncnc43)[C@@](O)([Si](C)(C)C(C)(C)C)[C@@]2(O)OC)cc1. The minimum atomic E-state index is -3.30. The predicted molar refractivity (Wildman–Crippen MR) is 226 cm³/mol. The van der Waals surface area contributed by atoms with Crippen molar-refractivity contribution in [2.75, 3.05) is 26.6 Å². The average Bonchev–Trinajstić information content (AvgIpc) is 3.79. The number of nitrogens with one attached hydrogen (secondary N) is 1. The lowest BCUT2D eigenvalue weighted by molar-refractivity contribution is -0.279. The highest BCUT2D eigenvalue weighted by Gasteiger charge is 2.77. The summed E-state index contributed by atoms with van der Waals surface area (Å²) >= 11 is 0. The number of imidazole rings is 1. The van der Waals surface area contributed by atoms with E-state index < -0.39 is 53.9 Å².